The molecule has 4 nitrogen and oxygen atoms in total. The summed E-state index contributed by atoms with van der Waals surface area (Å²) in [6.45, 7) is 1.29. The van der Waals surface area contributed by atoms with Gasteiger partial charge < -0.3 is 10.0 Å². The van der Waals surface area contributed by atoms with Crippen molar-refractivity contribution in [3.8, 4) is 5.75 Å². The van der Waals surface area contributed by atoms with Crippen LogP contribution in [0.4, 0.5) is 0 Å². The highest BCUT2D eigenvalue weighted by molar-refractivity contribution is 5.98. The minimum atomic E-state index is -0.0442. The van der Waals surface area contributed by atoms with Crippen molar-refractivity contribution >= 4 is 11.7 Å². The molecule has 0 radical (unpaired) electrons. The molecule has 0 aromatic heterocycles. The number of phenolic OH excluding ortho intramolecular Hbond substituents is 1. The highest BCUT2D eigenvalue weighted by Crippen LogP contribution is 2.34. The second-order valence-electron chi connectivity index (χ2n) is 7.65. The van der Waals surface area contributed by atoms with Crippen LogP contribution in [-0.2, 0) is 11.2 Å². The van der Waals surface area contributed by atoms with E-state index in [1.165, 1.54) is 11.1 Å². The number of carbonyl (C=O) groups is 2. The average Bonchev–Trinajstić information content (AvgIpc) is 2.73. The van der Waals surface area contributed by atoms with Crippen molar-refractivity contribution in [2.45, 2.75) is 38.0 Å². The molecule has 1 N–H and O–H groups in total. The third-order valence-electron chi connectivity index (χ3n) is 6.00. The summed E-state index contributed by atoms with van der Waals surface area (Å²) in [6, 6.07) is 14.7. The number of piperidine rings is 1. The van der Waals surface area contributed by atoms with Crippen LogP contribution in [0, 0.1) is 5.92 Å². The van der Waals surface area contributed by atoms with E-state index >= 15 is 0 Å². The number of benzene rings is 2. The fourth-order valence-corrected chi connectivity index (χ4v) is 4.45. The molecular formula is C23H25NO3. The van der Waals surface area contributed by atoms with Crippen molar-refractivity contribution in [3.05, 3.63) is 65.2 Å². The molecule has 1 atom stereocenters. The first-order valence-corrected chi connectivity index (χ1v) is 9.83. The maximum atomic E-state index is 13.1. The zero-order chi connectivity index (χ0) is 18.8. The van der Waals surface area contributed by atoms with Crippen LogP contribution in [0.3, 0.4) is 0 Å². The Bertz CT molecular complexity index is 835. The van der Waals surface area contributed by atoms with Crippen molar-refractivity contribution in [1.82, 2.24) is 4.90 Å². The van der Waals surface area contributed by atoms with Crippen molar-refractivity contribution < 1.29 is 14.7 Å². The molecule has 1 heterocycles. The molecule has 2 aromatic rings. The van der Waals surface area contributed by atoms with Crippen LogP contribution in [0.25, 0.3) is 0 Å². The number of aromatic hydroxyl groups is 1. The van der Waals surface area contributed by atoms with E-state index in [1.807, 2.05) is 17.0 Å². The van der Waals surface area contributed by atoms with E-state index in [9.17, 15) is 14.7 Å². The summed E-state index contributed by atoms with van der Waals surface area (Å²) in [6.07, 6.45) is 4.45. The highest BCUT2D eigenvalue weighted by atomic mass is 16.3. The number of rotatable bonds is 3. The number of hydrogen-bond donors (Lipinski definition) is 1. The van der Waals surface area contributed by atoms with Crippen LogP contribution in [0.1, 0.15) is 53.1 Å². The number of aryl methyl sites for hydroxylation is 1. The van der Waals surface area contributed by atoms with Gasteiger partial charge in [0.05, 0.1) is 5.92 Å². The molecule has 1 saturated heterocycles. The maximum Gasteiger partial charge on any atom is 0.230 e. The van der Waals surface area contributed by atoms with Gasteiger partial charge in [-0.1, -0.05) is 24.3 Å². The van der Waals surface area contributed by atoms with E-state index in [0.29, 0.717) is 31.5 Å². The number of ketones is 1. The number of amides is 1. The van der Waals surface area contributed by atoms with E-state index in [2.05, 4.69) is 12.1 Å². The van der Waals surface area contributed by atoms with Crippen LogP contribution in [0.5, 0.6) is 5.75 Å². The lowest BCUT2D eigenvalue weighted by molar-refractivity contribution is -0.134. The predicted octanol–water partition coefficient (Wildman–Crippen LogP) is 3.93. The molecule has 1 amide bonds. The number of Topliss-reactive ketones (excluding diaryl/α,β-unsaturated/α-hetero) is 1. The first-order chi connectivity index (χ1) is 13.1. The summed E-state index contributed by atoms with van der Waals surface area (Å²) in [7, 11) is 0. The first kappa shape index (κ1) is 17.8. The van der Waals surface area contributed by atoms with Gasteiger partial charge in [0.15, 0.2) is 5.78 Å². The summed E-state index contributed by atoms with van der Waals surface area (Å²) < 4.78 is 0. The maximum absolute atomic E-state index is 13.1. The van der Waals surface area contributed by atoms with Crippen molar-refractivity contribution in [1.29, 1.82) is 0 Å². The normalized spacial score (nSPS) is 20.1. The Hall–Kier alpha value is -2.62. The molecule has 27 heavy (non-hydrogen) atoms. The van der Waals surface area contributed by atoms with Crippen LogP contribution in [0.15, 0.2) is 48.5 Å². The van der Waals surface area contributed by atoms with E-state index in [0.717, 1.165) is 19.3 Å². The summed E-state index contributed by atoms with van der Waals surface area (Å²) in [5, 5.41) is 9.38. The Kier molecular flexibility index (Phi) is 4.97. The lowest BCUT2D eigenvalue weighted by Gasteiger charge is -2.35. The van der Waals surface area contributed by atoms with Crippen LogP contribution in [0.2, 0.25) is 0 Å². The zero-order valence-corrected chi connectivity index (χ0v) is 15.4. The largest absolute Gasteiger partial charge is 0.508 e. The van der Waals surface area contributed by atoms with Gasteiger partial charge in [0, 0.05) is 24.6 Å². The van der Waals surface area contributed by atoms with Crippen LogP contribution in [-0.4, -0.2) is 34.8 Å². The van der Waals surface area contributed by atoms with Gasteiger partial charge >= 0.3 is 0 Å². The quantitative estimate of drug-likeness (QED) is 0.841. The number of hydrogen-bond acceptors (Lipinski definition) is 3. The Morgan fingerprint density at radius 2 is 1.63 bits per heavy atom. The topological polar surface area (TPSA) is 57.6 Å². The molecule has 0 bridgehead atoms. The van der Waals surface area contributed by atoms with Crippen LogP contribution >= 0.6 is 0 Å². The fraction of sp³-hybridized carbons (Fsp3) is 0.391. The molecule has 1 fully saturated rings. The SMILES string of the molecule is O=C(c1ccc(O)cc1)C1CCN(C(=O)C2CCCc3ccccc32)CC1. The third-order valence-corrected chi connectivity index (χ3v) is 6.00. The van der Waals surface area contributed by atoms with E-state index in [1.54, 1.807) is 24.3 Å². The first-order valence-electron chi connectivity index (χ1n) is 9.83. The fourth-order valence-electron chi connectivity index (χ4n) is 4.45. The summed E-state index contributed by atoms with van der Waals surface area (Å²) in [4.78, 5) is 27.7. The van der Waals surface area contributed by atoms with Gasteiger partial charge in [0.2, 0.25) is 5.91 Å². The molecule has 140 valence electrons. The van der Waals surface area contributed by atoms with Gasteiger partial charge in [-0.15, -0.1) is 0 Å². The Balaban J connectivity index is 1.40. The van der Waals surface area contributed by atoms with Gasteiger partial charge in [0.25, 0.3) is 0 Å². The second-order valence-corrected chi connectivity index (χ2v) is 7.65. The zero-order valence-electron chi connectivity index (χ0n) is 15.4. The minimum absolute atomic E-state index is 0.0284. The summed E-state index contributed by atoms with van der Waals surface area (Å²) in [5.74, 6) is 0.430. The number of phenols is 1. The van der Waals surface area contributed by atoms with Crippen molar-refractivity contribution in [2.24, 2.45) is 5.92 Å². The molecule has 1 unspecified atom stereocenters. The molecular weight excluding hydrogens is 338 g/mol. The molecule has 2 aliphatic rings. The molecule has 0 spiro atoms. The van der Waals surface area contributed by atoms with E-state index in [-0.39, 0.29) is 29.3 Å². The van der Waals surface area contributed by atoms with Gasteiger partial charge in [-0.2, -0.15) is 0 Å². The molecule has 0 saturated carbocycles. The predicted molar refractivity (Wildman–Crippen MR) is 104 cm³/mol. The van der Waals surface area contributed by atoms with Crippen molar-refractivity contribution in [3.63, 3.8) is 0 Å². The number of likely N-dealkylation sites (tertiary alicyclic amines) is 1. The minimum Gasteiger partial charge on any atom is -0.508 e. The third kappa shape index (κ3) is 3.61. The molecule has 1 aliphatic carbocycles. The Labute approximate surface area is 159 Å². The standard InChI is InChI=1S/C23H25NO3/c25-19-10-8-17(9-11-19)22(26)18-12-14-24(15-13-18)23(27)21-7-3-5-16-4-1-2-6-20(16)21/h1-2,4,6,8-11,18,21,25H,3,5,7,12-15H2. The molecule has 4 heteroatoms. The van der Waals surface area contributed by atoms with Gasteiger partial charge in [-0.05, 0) is 67.5 Å². The smallest absolute Gasteiger partial charge is 0.230 e. The average molecular weight is 363 g/mol. The van der Waals surface area contributed by atoms with Gasteiger partial charge in [-0.25, -0.2) is 0 Å². The van der Waals surface area contributed by atoms with Gasteiger partial charge in [-0.3, -0.25) is 9.59 Å². The molecule has 1 aliphatic heterocycles. The molecule has 2 aromatic carbocycles. The number of carbonyl (C=O) groups excluding carboxylic acids is 2. The second kappa shape index (κ2) is 7.55. The summed E-state index contributed by atoms with van der Waals surface area (Å²) in [5.41, 5.74) is 3.13. The van der Waals surface area contributed by atoms with Crippen LogP contribution < -0.4 is 0 Å². The van der Waals surface area contributed by atoms with Gasteiger partial charge in [0.1, 0.15) is 5.75 Å². The number of fused-ring (bicyclic) bond motifs is 1. The van der Waals surface area contributed by atoms with Crippen molar-refractivity contribution in [2.75, 3.05) is 13.1 Å². The lowest BCUT2D eigenvalue weighted by Crippen LogP contribution is -2.43. The Morgan fingerprint density at radius 3 is 2.37 bits per heavy atom. The highest BCUT2D eigenvalue weighted by Gasteiger charge is 2.33. The number of nitrogens with zero attached hydrogens (tertiary/aromatic N) is 1. The Morgan fingerprint density at radius 1 is 0.926 bits per heavy atom. The summed E-state index contributed by atoms with van der Waals surface area (Å²) >= 11 is 0. The molecule has 4 rings (SSSR count). The lowest BCUT2D eigenvalue weighted by atomic mass is 9.81. The van der Waals surface area contributed by atoms with E-state index < -0.39 is 0 Å². The monoisotopic (exact) mass is 363 g/mol. The van der Waals surface area contributed by atoms with E-state index in [4.69, 9.17) is 0 Å².